The number of hydrogen-bond donors (Lipinski definition) is 2. The topological polar surface area (TPSA) is 59.1 Å². The maximum Gasteiger partial charge on any atom is 0.222 e. The Bertz CT molecular complexity index is 376. The van der Waals surface area contributed by atoms with E-state index in [4.69, 9.17) is 4.74 Å². The van der Waals surface area contributed by atoms with Crippen LogP contribution in [-0.2, 0) is 18.0 Å². The zero-order valence-electron chi connectivity index (χ0n) is 9.20. The highest BCUT2D eigenvalue weighted by molar-refractivity contribution is 5.30. The molecule has 5 heteroatoms. The summed E-state index contributed by atoms with van der Waals surface area (Å²) in [5, 5.41) is 6.65. The molecular formula is C11H16N4O. The van der Waals surface area contributed by atoms with E-state index in [1.165, 1.54) is 6.42 Å². The predicted octanol–water partition coefficient (Wildman–Crippen LogP) is 0.528. The highest BCUT2D eigenvalue weighted by Gasteiger charge is 2.16. The number of fused-ring (bicyclic) bond motifs is 1. The molecule has 1 fully saturated rings. The Labute approximate surface area is 94.6 Å². The quantitative estimate of drug-likeness (QED) is 0.778. The van der Waals surface area contributed by atoms with Crippen molar-refractivity contribution in [2.24, 2.45) is 5.92 Å². The molecule has 1 unspecified atom stereocenters. The summed E-state index contributed by atoms with van der Waals surface area (Å²) < 4.78 is 5.31. The van der Waals surface area contributed by atoms with Crippen LogP contribution in [0.1, 0.15) is 17.7 Å². The van der Waals surface area contributed by atoms with E-state index in [0.29, 0.717) is 19.1 Å². The van der Waals surface area contributed by atoms with Gasteiger partial charge in [-0.25, -0.2) is 9.97 Å². The lowest BCUT2D eigenvalue weighted by Gasteiger charge is -2.10. The molecule has 3 rings (SSSR count). The Morgan fingerprint density at radius 1 is 1.50 bits per heavy atom. The highest BCUT2D eigenvalue weighted by atomic mass is 16.5. The Hall–Kier alpha value is -1.20. The van der Waals surface area contributed by atoms with Crippen LogP contribution in [-0.4, -0.2) is 29.6 Å². The second-order valence-electron chi connectivity index (χ2n) is 4.40. The van der Waals surface area contributed by atoms with Gasteiger partial charge in [-0.15, -0.1) is 0 Å². The molecule has 0 aliphatic carbocycles. The number of hydrogen-bond acceptors (Lipinski definition) is 5. The van der Waals surface area contributed by atoms with Gasteiger partial charge in [-0.2, -0.15) is 0 Å². The third kappa shape index (κ3) is 2.01. The van der Waals surface area contributed by atoms with Crippen LogP contribution in [0.15, 0.2) is 6.20 Å². The molecule has 5 nitrogen and oxygen atoms in total. The molecule has 1 saturated heterocycles. The van der Waals surface area contributed by atoms with Crippen molar-refractivity contribution >= 4 is 5.95 Å². The van der Waals surface area contributed by atoms with Crippen molar-refractivity contribution in [1.82, 2.24) is 15.3 Å². The molecule has 0 amide bonds. The largest absolute Gasteiger partial charge is 0.370 e. The molecule has 3 heterocycles. The lowest BCUT2D eigenvalue weighted by atomic mass is 10.1. The van der Waals surface area contributed by atoms with Crippen molar-refractivity contribution in [3.05, 3.63) is 17.5 Å². The molecule has 2 aliphatic rings. The highest BCUT2D eigenvalue weighted by Crippen LogP contribution is 2.17. The summed E-state index contributed by atoms with van der Waals surface area (Å²) in [4.78, 5) is 8.74. The molecule has 1 atom stereocenters. The molecule has 16 heavy (non-hydrogen) atoms. The van der Waals surface area contributed by atoms with Crippen LogP contribution in [0.3, 0.4) is 0 Å². The van der Waals surface area contributed by atoms with Crippen LogP contribution in [0.4, 0.5) is 5.95 Å². The number of ether oxygens (including phenoxy) is 1. The zero-order chi connectivity index (χ0) is 10.8. The maximum absolute atomic E-state index is 5.31. The first kappa shape index (κ1) is 9.99. The molecule has 0 aromatic carbocycles. The third-order valence-electron chi connectivity index (χ3n) is 3.16. The molecule has 0 bridgehead atoms. The molecule has 0 radical (unpaired) electrons. The fourth-order valence-corrected chi connectivity index (χ4v) is 2.15. The first-order valence-electron chi connectivity index (χ1n) is 5.79. The Balaban J connectivity index is 1.61. The summed E-state index contributed by atoms with van der Waals surface area (Å²) >= 11 is 0. The number of nitrogens with zero attached hydrogens (tertiary/aromatic N) is 2. The number of aromatic nitrogens is 2. The van der Waals surface area contributed by atoms with E-state index in [0.717, 1.165) is 36.8 Å². The summed E-state index contributed by atoms with van der Waals surface area (Å²) in [6.07, 6.45) is 3.10. The van der Waals surface area contributed by atoms with Crippen LogP contribution in [0.25, 0.3) is 0 Å². The van der Waals surface area contributed by atoms with Gasteiger partial charge < -0.3 is 15.4 Å². The van der Waals surface area contributed by atoms with Gasteiger partial charge in [0.05, 0.1) is 18.9 Å². The summed E-state index contributed by atoms with van der Waals surface area (Å²) in [7, 11) is 0. The summed E-state index contributed by atoms with van der Waals surface area (Å²) in [5.41, 5.74) is 2.15. The molecule has 0 spiro atoms. The van der Waals surface area contributed by atoms with E-state index in [1.807, 2.05) is 6.20 Å². The summed E-state index contributed by atoms with van der Waals surface area (Å²) in [5.74, 6) is 1.43. The van der Waals surface area contributed by atoms with Crippen LogP contribution in [0, 0.1) is 5.92 Å². The van der Waals surface area contributed by atoms with Gasteiger partial charge in [0.1, 0.15) is 0 Å². The second-order valence-corrected chi connectivity index (χ2v) is 4.40. The fourth-order valence-electron chi connectivity index (χ4n) is 2.15. The number of anilines is 1. The minimum Gasteiger partial charge on any atom is -0.370 e. The second kappa shape index (κ2) is 4.35. The number of rotatable bonds is 3. The number of nitrogens with one attached hydrogen (secondary N) is 2. The standard InChI is InChI=1S/C11H16N4O/c1-2-12-3-8(1)4-13-11-14-5-9-6-16-7-10(9)15-11/h5,8,12H,1-4,6-7H2,(H,13,14,15). The van der Waals surface area contributed by atoms with Gasteiger partial charge in [0.15, 0.2) is 0 Å². The predicted molar refractivity (Wildman–Crippen MR) is 60.0 cm³/mol. The first-order chi connectivity index (χ1) is 7.92. The van der Waals surface area contributed by atoms with Crippen LogP contribution < -0.4 is 10.6 Å². The van der Waals surface area contributed by atoms with Crippen LogP contribution >= 0.6 is 0 Å². The molecule has 1 aromatic rings. The van der Waals surface area contributed by atoms with E-state index >= 15 is 0 Å². The van der Waals surface area contributed by atoms with E-state index < -0.39 is 0 Å². The summed E-state index contributed by atoms with van der Waals surface area (Å²) in [6, 6.07) is 0. The minimum absolute atomic E-state index is 0.623. The van der Waals surface area contributed by atoms with Crippen molar-refractivity contribution in [3.63, 3.8) is 0 Å². The minimum atomic E-state index is 0.623. The Morgan fingerprint density at radius 2 is 2.50 bits per heavy atom. The molecule has 2 N–H and O–H groups in total. The maximum atomic E-state index is 5.31. The van der Waals surface area contributed by atoms with E-state index in [-0.39, 0.29) is 0 Å². The normalized spacial score (nSPS) is 23.4. The summed E-state index contributed by atoms with van der Waals surface area (Å²) in [6.45, 7) is 4.46. The van der Waals surface area contributed by atoms with E-state index in [1.54, 1.807) is 0 Å². The van der Waals surface area contributed by atoms with Crippen LogP contribution in [0.5, 0.6) is 0 Å². The van der Waals surface area contributed by atoms with Crippen molar-refractivity contribution in [3.8, 4) is 0 Å². The van der Waals surface area contributed by atoms with Crippen molar-refractivity contribution < 1.29 is 4.74 Å². The SMILES string of the molecule is c1nc(NCC2CCNC2)nc2c1COC2. The lowest BCUT2D eigenvalue weighted by Crippen LogP contribution is -2.18. The molecule has 2 aliphatic heterocycles. The molecular weight excluding hydrogens is 204 g/mol. The van der Waals surface area contributed by atoms with E-state index in [9.17, 15) is 0 Å². The molecule has 86 valence electrons. The average molecular weight is 220 g/mol. The van der Waals surface area contributed by atoms with Crippen molar-refractivity contribution in [2.45, 2.75) is 19.6 Å². The van der Waals surface area contributed by atoms with Gasteiger partial charge in [-0.05, 0) is 25.4 Å². The molecule has 0 saturated carbocycles. The van der Waals surface area contributed by atoms with Gasteiger partial charge in [-0.1, -0.05) is 0 Å². The van der Waals surface area contributed by atoms with Gasteiger partial charge in [0.2, 0.25) is 5.95 Å². The fraction of sp³-hybridized carbons (Fsp3) is 0.636. The van der Waals surface area contributed by atoms with E-state index in [2.05, 4.69) is 20.6 Å². The molecule has 1 aromatic heterocycles. The van der Waals surface area contributed by atoms with Crippen LogP contribution in [0.2, 0.25) is 0 Å². The smallest absolute Gasteiger partial charge is 0.222 e. The lowest BCUT2D eigenvalue weighted by molar-refractivity contribution is 0.133. The van der Waals surface area contributed by atoms with Crippen molar-refractivity contribution in [1.29, 1.82) is 0 Å². The monoisotopic (exact) mass is 220 g/mol. The zero-order valence-corrected chi connectivity index (χ0v) is 9.20. The Kier molecular flexibility index (Phi) is 2.71. The average Bonchev–Trinajstić information content (AvgIpc) is 2.97. The Morgan fingerprint density at radius 3 is 3.38 bits per heavy atom. The first-order valence-corrected chi connectivity index (χ1v) is 5.79. The van der Waals surface area contributed by atoms with Gasteiger partial charge >= 0.3 is 0 Å². The van der Waals surface area contributed by atoms with Gasteiger partial charge in [-0.3, -0.25) is 0 Å². The third-order valence-corrected chi connectivity index (χ3v) is 3.16. The van der Waals surface area contributed by atoms with Gasteiger partial charge in [0.25, 0.3) is 0 Å². The van der Waals surface area contributed by atoms with Crippen molar-refractivity contribution in [2.75, 3.05) is 25.0 Å². The van der Waals surface area contributed by atoms with Gasteiger partial charge in [0, 0.05) is 18.3 Å².